The third kappa shape index (κ3) is 5.92. The molecule has 0 bridgehead atoms. The number of ether oxygens (including phenoxy) is 1. The highest BCUT2D eigenvalue weighted by molar-refractivity contribution is 7.90. The van der Waals surface area contributed by atoms with Crippen molar-refractivity contribution in [3.05, 3.63) is 71.1 Å². The Kier molecular flexibility index (Phi) is 8.01. The Hall–Kier alpha value is -3.10. The van der Waals surface area contributed by atoms with Gasteiger partial charge in [0.15, 0.2) is 15.4 Å². The molecule has 1 saturated heterocycles. The van der Waals surface area contributed by atoms with E-state index >= 15 is 0 Å². The van der Waals surface area contributed by atoms with E-state index in [2.05, 4.69) is 16.8 Å². The summed E-state index contributed by atoms with van der Waals surface area (Å²) in [6.45, 7) is 11.2. The molecule has 3 aliphatic rings. The fraction of sp³-hybridized carbons (Fsp3) is 0.452. The number of nitrogens with two attached hydrogens (primary N) is 1. The Morgan fingerprint density at radius 3 is 2.56 bits per heavy atom. The van der Waals surface area contributed by atoms with Crippen LogP contribution in [0.1, 0.15) is 49.8 Å². The first kappa shape index (κ1) is 28.9. The van der Waals surface area contributed by atoms with E-state index in [-0.39, 0.29) is 18.3 Å². The molecular formula is C31H41N3O4S. The van der Waals surface area contributed by atoms with E-state index in [0.29, 0.717) is 30.8 Å². The van der Waals surface area contributed by atoms with Crippen molar-refractivity contribution in [2.24, 2.45) is 11.7 Å². The largest absolute Gasteiger partial charge is 0.448 e. The molecule has 0 radical (unpaired) electrons. The highest BCUT2D eigenvalue weighted by atomic mass is 32.2. The first-order chi connectivity index (χ1) is 18.0. The second-order valence-corrected chi connectivity index (χ2v) is 13.2. The van der Waals surface area contributed by atoms with Crippen molar-refractivity contribution in [2.45, 2.75) is 57.5 Å². The van der Waals surface area contributed by atoms with E-state index in [1.54, 1.807) is 18.2 Å². The summed E-state index contributed by atoms with van der Waals surface area (Å²) in [5, 5.41) is 3.45. The van der Waals surface area contributed by atoms with Gasteiger partial charge in [-0.1, -0.05) is 38.3 Å². The van der Waals surface area contributed by atoms with Crippen LogP contribution in [0.15, 0.2) is 59.3 Å². The molecule has 2 aromatic carbocycles. The molecule has 8 heteroatoms. The number of carbonyl (C=O) groups excluding carboxylic acids is 1. The van der Waals surface area contributed by atoms with Crippen molar-refractivity contribution in [3.8, 4) is 11.1 Å². The van der Waals surface area contributed by atoms with Crippen LogP contribution in [-0.4, -0.2) is 57.3 Å². The molecule has 7 nitrogen and oxygen atoms in total. The van der Waals surface area contributed by atoms with Crippen LogP contribution < -0.4 is 11.1 Å². The molecule has 1 atom stereocenters. The first-order valence-electron chi connectivity index (χ1n) is 13.3. The molecule has 3 N–H and O–H groups in total. The van der Waals surface area contributed by atoms with Crippen molar-refractivity contribution < 1.29 is 17.9 Å². The molecule has 210 valence electrons. The van der Waals surface area contributed by atoms with Gasteiger partial charge in [-0.3, -0.25) is 4.90 Å². The fourth-order valence-electron chi connectivity index (χ4n) is 5.65. The predicted molar refractivity (Wildman–Crippen MR) is 157 cm³/mol. The number of benzene rings is 2. The Labute approximate surface area is 233 Å². The predicted octanol–water partition coefficient (Wildman–Crippen LogP) is 4.58. The number of nitrogens with zero attached hydrogens (tertiary/aromatic N) is 1. The third-order valence-corrected chi connectivity index (χ3v) is 9.06. The summed E-state index contributed by atoms with van der Waals surface area (Å²) in [5.41, 5.74) is 12.1. The smallest absolute Gasteiger partial charge is 0.341 e. The van der Waals surface area contributed by atoms with Gasteiger partial charge in [0.2, 0.25) is 0 Å². The van der Waals surface area contributed by atoms with Gasteiger partial charge in [-0.05, 0) is 91.9 Å². The molecule has 2 aliphatic heterocycles. The quantitative estimate of drug-likeness (QED) is 0.463. The van der Waals surface area contributed by atoms with Crippen LogP contribution in [0.3, 0.4) is 0 Å². The van der Waals surface area contributed by atoms with E-state index in [1.165, 1.54) is 19.1 Å². The van der Waals surface area contributed by atoms with Crippen molar-refractivity contribution in [2.75, 3.05) is 32.4 Å². The molecule has 2 heterocycles. The molecule has 0 amide bonds. The third-order valence-electron chi connectivity index (χ3n) is 7.95. The molecule has 1 spiro atoms. The van der Waals surface area contributed by atoms with Crippen LogP contribution in [0, 0.1) is 19.8 Å². The summed E-state index contributed by atoms with van der Waals surface area (Å²) in [6, 6.07) is 10.9. The van der Waals surface area contributed by atoms with Gasteiger partial charge in [-0.15, -0.1) is 0 Å². The zero-order valence-electron chi connectivity index (χ0n) is 22.5. The Morgan fingerprint density at radius 2 is 1.87 bits per heavy atom. The van der Waals surface area contributed by atoms with Crippen LogP contribution in [0.2, 0.25) is 0 Å². The van der Waals surface area contributed by atoms with Crippen molar-refractivity contribution in [1.82, 2.24) is 10.2 Å². The lowest BCUT2D eigenvalue weighted by Gasteiger charge is -2.40. The lowest BCUT2D eigenvalue weighted by Crippen LogP contribution is -2.52. The van der Waals surface area contributed by atoms with Gasteiger partial charge in [0.1, 0.15) is 0 Å². The number of carbonyl (C=O) groups is 1. The SMILES string of the molecule is C.C=C(CN1CCCC2(C1)OC(=O)C(c1cc(C)c(-c3cccc(S(C)(=O)=O)c3)cc1C)=C2N)NCC1CC1. The van der Waals surface area contributed by atoms with Crippen molar-refractivity contribution in [3.63, 3.8) is 0 Å². The van der Waals surface area contributed by atoms with Gasteiger partial charge >= 0.3 is 5.97 Å². The van der Waals surface area contributed by atoms with Crippen LogP contribution in [0.25, 0.3) is 16.7 Å². The Bertz CT molecular complexity index is 1440. The van der Waals surface area contributed by atoms with Crippen LogP contribution in [-0.2, 0) is 19.4 Å². The maximum atomic E-state index is 13.3. The minimum atomic E-state index is -3.32. The molecule has 1 aliphatic carbocycles. The summed E-state index contributed by atoms with van der Waals surface area (Å²) in [7, 11) is -3.32. The van der Waals surface area contributed by atoms with Gasteiger partial charge in [-0.25, -0.2) is 13.2 Å². The van der Waals surface area contributed by atoms with E-state index in [0.717, 1.165) is 58.9 Å². The first-order valence-corrected chi connectivity index (χ1v) is 15.2. The number of piperidine rings is 1. The van der Waals surface area contributed by atoms with E-state index in [1.807, 2.05) is 32.0 Å². The minimum absolute atomic E-state index is 0. The number of rotatable bonds is 8. The summed E-state index contributed by atoms with van der Waals surface area (Å²) < 4.78 is 30.2. The summed E-state index contributed by atoms with van der Waals surface area (Å²) >= 11 is 0. The number of likely N-dealkylation sites (tertiary alicyclic amines) is 1. The van der Waals surface area contributed by atoms with Gasteiger partial charge < -0.3 is 15.8 Å². The van der Waals surface area contributed by atoms with E-state index in [9.17, 15) is 13.2 Å². The monoisotopic (exact) mass is 551 g/mol. The summed E-state index contributed by atoms with van der Waals surface area (Å²) in [6.07, 6.45) is 5.36. The number of sulfone groups is 1. The number of hydrogen-bond donors (Lipinski definition) is 2. The molecule has 2 fully saturated rings. The zero-order chi connectivity index (χ0) is 27.2. The average Bonchev–Trinajstić information content (AvgIpc) is 3.65. The lowest BCUT2D eigenvalue weighted by molar-refractivity contribution is -0.149. The van der Waals surface area contributed by atoms with Gasteiger partial charge in [0.05, 0.1) is 16.2 Å². The lowest BCUT2D eigenvalue weighted by atomic mass is 9.86. The maximum Gasteiger partial charge on any atom is 0.341 e. The van der Waals surface area contributed by atoms with E-state index in [4.69, 9.17) is 10.5 Å². The zero-order valence-corrected chi connectivity index (χ0v) is 23.3. The van der Waals surface area contributed by atoms with E-state index < -0.39 is 15.4 Å². The van der Waals surface area contributed by atoms with Gasteiger partial charge in [-0.2, -0.15) is 0 Å². The molecular weight excluding hydrogens is 510 g/mol. The molecule has 39 heavy (non-hydrogen) atoms. The second-order valence-electron chi connectivity index (χ2n) is 11.2. The standard InChI is InChI=1S/C30H37N3O4S.CH4/c1-19-14-26(20(2)13-25(19)23-7-5-8-24(15-23)38(4,35)36)27-28(31)30(37-29(27)34)11-6-12-33(18-30)17-21(3)32-16-22-9-10-22;/h5,7-8,13-15,22,32H,3,6,9-12,16-18,31H2,1-2,4H3;1H4. The topological polar surface area (TPSA) is 102 Å². The highest BCUT2D eigenvalue weighted by Gasteiger charge is 2.49. The van der Waals surface area contributed by atoms with Crippen LogP contribution in [0.4, 0.5) is 0 Å². The van der Waals surface area contributed by atoms with Crippen LogP contribution in [0.5, 0.6) is 0 Å². The summed E-state index contributed by atoms with van der Waals surface area (Å²) in [5.74, 6) is 0.391. The van der Waals surface area contributed by atoms with Gasteiger partial charge in [0, 0.05) is 31.6 Å². The number of nitrogens with one attached hydrogen (secondary N) is 1. The van der Waals surface area contributed by atoms with Gasteiger partial charge in [0.25, 0.3) is 0 Å². The highest BCUT2D eigenvalue weighted by Crippen LogP contribution is 2.42. The average molecular weight is 552 g/mol. The summed E-state index contributed by atoms with van der Waals surface area (Å²) in [4.78, 5) is 15.8. The maximum absolute atomic E-state index is 13.3. The fourth-order valence-corrected chi connectivity index (χ4v) is 6.32. The van der Waals surface area contributed by atoms with Crippen LogP contribution >= 0.6 is 0 Å². The van der Waals surface area contributed by atoms with Crippen molar-refractivity contribution in [1.29, 1.82) is 0 Å². The van der Waals surface area contributed by atoms with Crippen molar-refractivity contribution >= 4 is 21.4 Å². The number of hydrogen-bond acceptors (Lipinski definition) is 7. The minimum Gasteiger partial charge on any atom is -0.448 e. The molecule has 0 aromatic heterocycles. The number of aryl methyl sites for hydroxylation is 2. The molecule has 1 unspecified atom stereocenters. The molecule has 1 saturated carbocycles. The molecule has 5 rings (SSSR count). The normalized spacial score (nSPS) is 21.6. The second kappa shape index (κ2) is 10.8. The molecule has 2 aromatic rings. The number of esters is 1. The Morgan fingerprint density at radius 1 is 1.18 bits per heavy atom. The Balaban J connectivity index is 0.00000353.